The van der Waals surface area contributed by atoms with Gasteiger partial charge in [0.05, 0.1) is 6.04 Å². The largest absolute Gasteiger partial charge is 0.573 e. The van der Waals surface area contributed by atoms with Gasteiger partial charge < -0.3 is 19.7 Å². The van der Waals surface area contributed by atoms with E-state index in [0.29, 0.717) is 28.5 Å². The van der Waals surface area contributed by atoms with E-state index in [2.05, 4.69) is 20.3 Å². The molecule has 12 heteroatoms. The number of rotatable bonds is 8. The number of hydrogen-bond acceptors (Lipinski definition) is 7. The first-order valence-electron chi connectivity index (χ1n) is 11.7. The number of benzene rings is 2. The number of carbonyl (C=O) groups is 2. The Morgan fingerprint density at radius 3 is 2.32 bits per heavy atom. The van der Waals surface area contributed by atoms with Gasteiger partial charge in [0.15, 0.2) is 0 Å². The molecule has 2 aromatic carbocycles. The second kappa shape index (κ2) is 11.8. The zero-order valence-corrected chi connectivity index (χ0v) is 22.4. The fourth-order valence-corrected chi connectivity index (χ4v) is 4.35. The molecule has 0 aliphatic heterocycles. The van der Waals surface area contributed by atoms with Gasteiger partial charge in [-0.2, -0.15) is 0 Å². The van der Waals surface area contributed by atoms with Crippen molar-refractivity contribution in [3.63, 3.8) is 0 Å². The van der Waals surface area contributed by atoms with E-state index in [-0.39, 0.29) is 11.7 Å². The first kappa shape index (κ1) is 28.9. The van der Waals surface area contributed by atoms with E-state index in [1.54, 1.807) is 33.9 Å². The molecule has 3 rings (SSSR count). The summed E-state index contributed by atoms with van der Waals surface area (Å²) in [5.41, 5.74) is 1.63. The maximum absolute atomic E-state index is 12.6. The predicted octanol–water partition coefficient (Wildman–Crippen LogP) is 5.89. The van der Waals surface area contributed by atoms with Crippen molar-refractivity contribution in [3.8, 4) is 16.3 Å². The van der Waals surface area contributed by atoms with Gasteiger partial charge in [0.25, 0.3) is 0 Å². The molecule has 0 radical (unpaired) electrons. The van der Waals surface area contributed by atoms with E-state index in [1.807, 2.05) is 24.3 Å². The third kappa shape index (κ3) is 9.02. The second-order valence-corrected chi connectivity index (χ2v) is 10.6. The maximum atomic E-state index is 12.6. The van der Waals surface area contributed by atoms with Crippen LogP contribution in [-0.4, -0.2) is 46.1 Å². The molecule has 204 valence electrons. The van der Waals surface area contributed by atoms with E-state index in [9.17, 15) is 22.8 Å². The lowest BCUT2D eigenvalue weighted by molar-refractivity contribution is -0.274. The molecule has 1 atom stereocenters. The minimum Gasteiger partial charge on any atom is -0.444 e. The summed E-state index contributed by atoms with van der Waals surface area (Å²) in [6.07, 6.45) is -4.81. The van der Waals surface area contributed by atoms with Crippen molar-refractivity contribution in [2.45, 2.75) is 58.7 Å². The van der Waals surface area contributed by atoms with E-state index in [0.717, 1.165) is 11.1 Å². The molecule has 1 N–H and O–H groups in total. The van der Waals surface area contributed by atoms with E-state index >= 15 is 0 Å². The Bertz CT molecular complexity index is 1260. The average molecular weight is 551 g/mol. The first-order valence-corrected chi connectivity index (χ1v) is 12.5. The van der Waals surface area contributed by atoms with Crippen LogP contribution in [0.15, 0.2) is 48.5 Å². The summed E-state index contributed by atoms with van der Waals surface area (Å²) in [4.78, 5) is 25.6. The predicted molar refractivity (Wildman–Crippen MR) is 136 cm³/mol. The molecule has 38 heavy (non-hydrogen) atoms. The topological polar surface area (TPSA) is 93.7 Å². The van der Waals surface area contributed by atoms with Crippen molar-refractivity contribution < 1.29 is 32.2 Å². The summed E-state index contributed by atoms with van der Waals surface area (Å²) in [6, 6.07) is 12.5. The Labute approximate surface area is 222 Å². The Morgan fingerprint density at radius 2 is 1.71 bits per heavy atom. The SMILES string of the molecule is CC(=O)NC(Cc1ccc(CN(C)C(=O)OC(C)(C)C)cc1)c1nnc(-c2cccc(OC(F)(F)F)c2)s1. The molecular formula is C26H29F3N4O4S. The van der Waals surface area contributed by atoms with Gasteiger partial charge in [-0.3, -0.25) is 4.79 Å². The van der Waals surface area contributed by atoms with Crippen LogP contribution >= 0.6 is 11.3 Å². The Kier molecular flexibility index (Phi) is 8.97. The van der Waals surface area contributed by atoms with Crippen molar-refractivity contribution in [1.29, 1.82) is 0 Å². The molecule has 0 spiro atoms. The zero-order valence-electron chi connectivity index (χ0n) is 21.6. The van der Waals surface area contributed by atoms with Crippen LogP contribution in [0.1, 0.15) is 49.9 Å². The Balaban J connectivity index is 1.72. The normalized spacial score (nSPS) is 12.5. The van der Waals surface area contributed by atoms with Crippen LogP contribution in [0.3, 0.4) is 0 Å². The molecule has 1 aromatic heterocycles. The molecule has 0 fully saturated rings. The van der Waals surface area contributed by atoms with Gasteiger partial charge in [0, 0.05) is 26.1 Å². The quantitative estimate of drug-likeness (QED) is 0.376. The highest BCUT2D eigenvalue weighted by atomic mass is 32.1. The van der Waals surface area contributed by atoms with Crippen LogP contribution in [0, 0.1) is 0 Å². The monoisotopic (exact) mass is 550 g/mol. The van der Waals surface area contributed by atoms with E-state index in [1.165, 1.54) is 41.4 Å². The fourth-order valence-electron chi connectivity index (χ4n) is 3.46. The number of carbonyl (C=O) groups excluding carboxylic acids is 2. The molecule has 0 bridgehead atoms. The van der Waals surface area contributed by atoms with Crippen LogP contribution < -0.4 is 10.1 Å². The Morgan fingerprint density at radius 1 is 1.05 bits per heavy atom. The minimum absolute atomic E-state index is 0.261. The molecule has 3 aromatic rings. The highest BCUT2D eigenvalue weighted by Gasteiger charge is 2.31. The smallest absolute Gasteiger partial charge is 0.444 e. The summed E-state index contributed by atoms with van der Waals surface area (Å²) in [5, 5.41) is 12.1. The first-order chi connectivity index (χ1) is 17.7. The van der Waals surface area contributed by atoms with Gasteiger partial charge in [-0.1, -0.05) is 47.7 Å². The molecule has 2 amide bonds. The summed E-state index contributed by atoms with van der Waals surface area (Å²) >= 11 is 1.17. The van der Waals surface area contributed by atoms with Crippen LogP contribution in [0.25, 0.3) is 10.6 Å². The number of nitrogens with zero attached hydrogens (tertiary/aromatic N) is 3. The number of amides is 2. The lowest BCUT2D eigenvalue weighted by Gasteiger charge is -2.24. The number of alkyl halides is 3. The molecule has 0 saturated heterocycles. The molecule has 8 nitrogen and oxygen atoms in total. The second-order valence-electron chi connectivity index (χ2n) is 9.63. The lowest BCUT2D eigenvalue weighted by Crippen LogP contribution is -2.33. The number of halogens is 3. The van der Waals surface area contributed by atoms with Gasteiger partial charge in [0.2, 0.25) is 5.91 Å². The van der Waals surface area contributed by atoms with Crippen molar-refractivity contribution in [2.75, 3.05) is 7.05 Å². The van der Waals surface area contributed by atoms with Crippen LogP contribution in [-0.2, 0) is 22.5 Å². The van der Waals surface area contributed by atoms with Crippen LogP contribution in [0.2, 0.25) is 0 Å². The maximum Gasteiger partial charge on any atom is 0.573 e. The van der Waals surface area contributed by atoms with Gasteiger partial charge in [-0.15, -0.1) is 23.4 Å². The third-order valence-corrected chi connectivity index (χ3v) is 6.10. The molecule has 1 heterocycles. The lowest BCUT2D eigenvalue weighted by atomic mass is 10.0. The molecule has 0 saturated carbocycles. The van der Waals surface area contributed by atoms with E-state index in [4.69, 9.17) is 4.74 Å². The standard InChI is InChI=1S/C26H29F3N4O4S/c1-16(34)30-21(13-17-9-11-18(12-10-17)15-33(5)24(35)37-25(2,3)4)23-32-31-22(38-23)19-7-6-8-20(14-19)36-26(27,28)29/h6-12,14,21H,13,15H2,1-5H3,(H,30,34). The van der Waals surface area contributed by atoms with Crippen molar-refractivity contribution in [3.05, 3.63) is 64.7 Å². The number of aromatic nitrogens is 2. The van der Waals surface area contributed by atoms with Gasteiger partial charge in [-0.05, 0) is 50.5 Å². The zero-order chi connectivity index (χ0) is 28.1. The van der Waals surface area contributed by atoms with Crippen molar-refractivity contribution >= 4 is 23.3 Å². The Hall–Kier alpha value is -3.67. The fraction of sp³-hybridized carbons (Fsp3) is 0.385. The van der Waals surface area contributed by atoms with Crippen LogP contribution in [0.4, 0.5) is 18.0 Å². The summed E-state index contributed by atoms with van der Waals surface area (Å²) < 4.78 is 47.1. The number of hydrogen-bond donors (Lipinski definition) is 1. The number of nitrogens with one attached hydrogen (secondary N) is 1. The van der Waals surface area contributed by atoms with Gasteiger partial charge >= 0.3 is 12.5 Å². The highest BCUT2D eigenvalue weighted by Crippen LogP contribution is 2.32. The van der Waals surface area contributed by atoms with Crippen molar-refractivity contribution in [1.82, 2.24) is 20.4 Å². The summed E-state index contributed by atoms with van der Waals surface area (Å²) in [7, 11) is 1.66. The summed E-state index contributed by atoms with van der Waals surface area (Å²) in [6.45, 7) is 7.17. The van der Waals surface area contributed by atoms with Gasteiger partial charge in [-0.25, -0.2) is 4.79 Å². The number of ether oxygens (including phenoxy) is 2. The van der Waals surface area contributed by atoms with Crippen LogP contribution in [0.5, 0.6) is 5.75 Å². The molecular weight excluding hydrogens is 521 g/mol. The van der Waals surface area contributed by atoms with Gasteiger partial charge in [0.1, 0.15) is 21.4 Å². The summed E-state index contributed by atoms with van der Waals surface area (Å²) in [5.74, 6) is -0.620. The highest BCUT2D eigenvalue weighted by molar-refractivity contribution is 7.14. The average Bonchev–Trinajstić information content (AvgIpc) is 3.28. The molecule has 0 aliphatic carbocycles. The van der Waals surface area contributed by atoms with E-state index < -0.39 is 24.1 Å². The van der Waals surface area contributed by atoms with Crippen molar-refractivity contribution in [2.24, 2.45) is 0 Å². The third-order valence-electron chi connectivity index (χ3n) is 5.02. The molecule has 0 aliphatic rings. The molecule has 1 unspecified atom stereocenters. The minimum atomic E-state index is -4.80.